The molecular weight excluding hydrogens is 284 g/mol. The van der Waals surface area contributed by atoms with Gasteiger partial charge >= 0.3 is 5.97 Å². The summed E-state index contributed by atoms with van der Waals surface area (Å²) in [5, 5.41) is 12.4. The van der Waals surface area contributed by atoms with E-state index < -0.39 is 5.97 Å². The minimum absolute atomic E-state index is 0.0227. The predicted molar refractivity (Wildman–Crippen MR) is 80.4 cm³/mol. The van der Waals surface area contributed by atoms with Crippen molar-refractivity contribution >= 4 is 5.97 Å². The molecule has 1 saturated heterocycles. The van der Waals surface area contributed by atoms with E-state index in [1.807, 2.05) is 6.07 Å². The Morgan fingerprint density at radius 1 is 1.41 bits per heavy atom. The average molecular weight is 306 g/mol. The zero-order valence-electron chi connectivity index (χ0n) is 12.6. The van der Waals surface area contributed by atoms with Crippen molar-refractivity contribution in [2.24, 2.45) is 5.92 Å². The Kier molecular flexibility index (Phi) is 4.77. The third kappa shape index (κ3) is 3.68. The topological polar surface area (TPSA) is 80.7 Å². The molecule has 3 heterocycles. The quantitative estimate of drug-likeness (QED) is 0.863. The Labute approximate surface area is 129 Å². The number of hydrogen-bond donors (Lipinski definition) is 2. The zero-order valence-corrected chi connectivity index (χ0v) is 12.6. The van der Waals surface area contributed by atoms with E-state index in [1.165, 1.54) is 0 Å². The second-order valence-electron chi connectivity index (χ2n) is 6.00. The van der Waals surface area contributed by atoms with Gasteiger partial charge in [-0.3, -0.25) is 4.79 Å². The SMILES string of the molecule is O=C(O)CC1CCOc2cnc(OCC3CCNCC3)cc21. The number of rotatable bonds is 5. The molecule has 0 bridgehead atoms. The molecule has 1 aromatic rings. The van der Waals surface area contributed by atoms with Crippen LogP contribution in [0.15, 0.2) is 12.3 Å². The highest BCUT2D eigenvalue weighted by Gasteiger charge is 2.25. The van der Waals surface area contributed by atoms with Gasteiger partial charge in [-0.2, -0.15) is 0 Å². The number of fused-ring (bicyclic) bond motifs is 1. The number of aromatic nitrogens is 1. The first-order chi connectivity index (χ1) is 10.7. The summed E-state index contributed by atoms with van der Waals surface area (Å²) in [5.41, 5.74) is 0.906. The van der Waals surface area contributed by atoms with Crippen LogP contribution >= 0.6 is 0 Å². The smallest absolute Gasteiger partial charge is 0.303 e. The molecule has 0 saturated carbocycles. The summed E-state index contributed by atoms with van der Waals surface area (Å²) < 4.78 is 11.4. The molecule has 2 aliphatic rings. The van der Waals surface area contributed by atoms with Crippen LogP contribution in [-0.2, 0) is 4.79 Å². The van der Waals surface area contributed by atoms with E-state index in [0.29, 0.717) is 30.8 Å². The highest BCUT2D eigenvalue weighted by molar-refractivity contribution is 5.68. The molecule has 0 spiro atoms. The molecule has 3 rings (SSSR count). The van der Waals surface area contributed by atoms with Gasteiger partial charge in [0, 0.05) is 17.5 Å². The molecule has 0 amide bonds. The lowest BCUT2D eigenvalue weighted by atomic mass is 9.91. The van der Waals surface area contributed by atoms with E-state index in [-0.39, 0.29) is 12.3 Å². The van der Waals surface area contributed by atoms with E-state index in [2.05, 4.69) is 10.3 Å². The number of pyridine rings is 1. The fourth-order valence-electron chi connectivity index (χ4n) is 3.10. The number of carboxylic acids is 1. The molecule has 1 unspecified atom stereocenters. The standard InChI is InChI=1S/C16H22N2O4/c19-16(20)7-12-3-6-21-14-9-18-15(8-13(12)14)22-10-11-1-4-17-5-2-11/h8-9,11-12,17H,1-7,10H2,(H,19,20). The lowest BCUT2D eigenvalue weighted by Gasteiger charge is -2.25. The molecule has 6 nitrogen and oxygen atoms in total. The summed E-state index contributed by atoms with van der Waals surface area (Å²) in [6, 6.07) is 1.85. The van der Waals surface area contributed by atoms with Crippen LogP contribution < -0.4 is 14.8 Å². The van der Waals surface area contributed by atoms with Crippen molar-refractivity contribution in [2.75, 3.05) is 26.3 Å². The number of hydrogen-bond acceptors (Lipinski definition) is 5. The van der Waals surface area contributed by atoms with Crippen molar-refractivity contribution < 1.29 is 19.4 Å². The fraction of sp³-hybridized carbons (Fsp3) is 0.625. The second-order valence-corrected chi connectivity index (χ2v) is 6.00. The van der Waals surface area contributed by atoms with Gasteiger partial charge in [0.1, 0.15) is 5.75 Å². The Hall–Kier alpha value is -1.82. The van der Waals surface area contributed by atoms with Gasteiger partial charge in [0.2, 0.25) is 5.88 Å². The third-order valence-corrected chi connectivity index (χ3v) is 4.38. The van der Waals surface area contributed by atoms with Crippen LogP contribution in [0.4, 0.5) is 0 Å². The molecule has 0 aromatic carbocycles. The van der Waals surface area contributed by atoms with Crippen LogP contribution in [-0.4, -0.2) is 42.4 Å². The first-order valence-corrected chi connectivity index (χ1v) is 7.90. The molecule has 1 atom stereocenters. The van der Waals surface area contributed by atoms with E-state index >= 15 is 0 Å². The maximum Gasteiger partial charge on any atom is 0.303 e. The molecule has 2 N–H and O–H groups in total. The van der Waals surface area contributed by atoms with Gasteiger partial charge in [-0.15, -0.1) is 0 Å². The Morgan fingerprint density at radius 2 is 2.23 bits per heavy atom. The minimum atomic E-state index is -0.785. The number of piperidine rings is 1. The van der Waals surface area contributed by atoms with E-state index in [1.54, 1.807) is 6.20 Å². The van der Waals surface area contributed by atoms with Gasteiger partial charge in [0.05, 0.1) is 25.8 Å². The van der Waals surface area contributed by atoms with Gasteiger partial charge in [0.15, 0.2) is 0 Å². The van der Waals surface area contributed by atoms with Crippen molar-refractivity contribution in [1.82, 2.24) is 10.3 Å². The number of aliphatic carboxylic acids is 1. The summed E-state index contributed by atoms with van der Waals surface area (Å²) in [5.74, 6) is 1.01. The summed E-state index contributed by atoms with van der Waals surface area (Å²) in [6.45, 7) is 3.29. The maximum atomic E-state index is 11.0. The van der Waals surface area contributed by atoms with Crippen molar-refractivity contribution in [2.45, 2.75) is 31.6 Å². The monoisotopic (exact) mass is 306 g/mol. The number of nitrogens with zero attached hydrogens (tertiary/aromatic N) is 1. The van der Waals surface area contributed by atoms with Crippen LogP contribution in [0, 0.1) is 5.92 Å². The van der Waals surface area contributed by atoms with E-state index in [0.717, 1.165) is 37.9 Å². The van der Waals surface area contributed by atoms with Crippen LogP contribution in [0.1, 0.15) is 37.2 Å². The molecule has 0 radical (unpaired) electrons. The van der Waals surface area contributed by atoms with Gasteiger partial charge in [-0.1, -0.05) is 0 Å². The Morgan fingerprint density at radius 3 is 3.00 bits per heavy atom. The second kappa shape index (κ2) is 6.96. The number of ether oxygens (including phenoxy) is 2. The summed E-state index contributed by atoms with van der Waals surface area (Å²) in [4.78, 5) is 15.3. The highest BCUT2D eigenvalue weighted by Crippen LogP contribution is 2.37. The summed E-state index contributed by atoms with van der Waals surface area (Å²) in [6.07, 6.45) is 4.73. The zero-order chi connectivity index (χ0) is 15.4. The number of carboxylic acid groups (broad SMARTS) is 1. The van der Waals surface area contributed by atoms with E-state index in [9.17, 15) is 4.79 Å². The van der Waals surface area contributed by atoms with Gasteiger partial charge in [0.25, 0.3) is 0 Å². The average Bonchev–Trinajstić information content (AvgIpc) is 2.54. The van der Waals surface area contributed by atoms with Crippen molar-refractivity contribution in [3.63, 3.8) is 0 Å². The number of nitrogens with one attached hydrogen (secondary N) is 1. The van der Waals surface area contributed by atoms with Crippen molar-refractivity contribution in [3.8, 4) is 11.6 Å². The Balaban J connectivity index is 1.67. The summed E-state index contributed by atoms with van der Waals surface area (Å²) in [7, 11) is 0. The maximum absolute atomic E-state index is 11.0. The first-order valence-electron chi connectivity index (χ1n) is 7.90. The molecule has 22 heavy (non-hydrogen) atoms. The van der Waals surface area contributed by atoms with E-state index in [4.69, 9.17) is 14.6 Å². The van der Waals surface area contributed by atoms with Gasteiger partial charge in [-0.05, 0) is 38.3 Å². The van der Waals surface area contributed by atoms with Crippen LogP contribution in [0.3, 0.4) is 0 Å². The fourth-order valence-corrected chi connectivity index (χ4v) is 3.10. The van der Waals surface area contributed by atoms with Crippen molar-refractivity contribution in [1.29, 1.82) is 0 Å². The van der Waals surface area contributed by atoms with Crippen LogP contribution in [0.25, 0.3) is 0 Å². The molecule has 0 aliphatic carbocycles. The lowest BCUT2D eigenvalue weighted by Crippen LogP contribution is -2.30. The molecule has 6 heteroatoms. The van der Waals surface area contributed by atoms with Crippen molar-refractivity contribution in [3.05, 3.63) is 17.8 Å². The molecule has 2 aliphatic heterocycles. The number of carbonyl (C=O) groups is 1. The Bertz CT molecular complexity index is 529. The van der Waals surface area contributed by atoms with Gasteiger partial charge < -0.3 is 19.9 Å². The predicted octanol–water partition coefficient (Wildman–Crippen LogP) is 1.80. The lowest BCUT2D eigenvalue weighted by molar-refractivity contribution is -0.137. The highest BCUT2D eigenvalue weighted by atomic mass is 16.5. The van der Waals surface area contributed by atoms with Crippen LogP contribution in [0.5, 0.6) is 11.6 Å². The largest absolute Gasteiger partial charge is 0.492 e. The van der Waals surface area contributed by atoms with Gasteiger partial charge in [-0.25, -0.2) is 4.98 Å². The third-order valence-electron chi connectivity index (χ3n) is 4.38. The summed E-state index contributed by atoms with van der Waals surface area (Å²) >= 11 is 0. The molecule has 120 valence electrons. The van der Waals surface area contributed by atoms with Crippen LogP contribution in [0.2, 0.25) is 0 Å². The molecule has 1 aromatic heterocycles. The first kappa shape index (κ1) is 15.1. The minimum Gasteiger partial charge on any atom is -0.492 e. The molecule has 1 fully saturated rings. The normalized spacial score (nSPS) is 21.7. The molecular formula is C16H22N2O4.